The summed E-state index contributed by atoms with van der Waals surface area (Å²) in [6.07, 6.45) is 0. The fourth-order valence-corrected chi connectivity index (χ4v) is 7.39. The minimum atomic E-state index is -1.78. The maximum atomic E-state index is 13.3. The first kappa shape index (κ1) is 31.8. The van der Waals surface area contributed by atoms with Crippen molar-refractivity contribution in [1.82, 2.24) is 29.8 Å². The molecule has 2 atom stereocenters. The van der Waals surface area contributed by atoms with Crippen molar-refractivity contribution < 1.29 is 38.8 Å². The van der Waals surface area contributed by atoms with Crippen LogP contribution in [0.25, 0.3) is 5.65 Å². The van der Waals surface area contributed by atoms with E-state index in [0.717, 1.165) is 16.2 Å². The number of carboxylic acids is 2. The molecule has 5 heterocycles. The molecule has 0 bridgehead atoms. The zero-order valence-electron chi connectivity index (χ0n) is 24.2. The Balaban J connectivity index is 1.36. The Kier molecular flexibility index (Phi) is 8.27. The molecule has 1 unspecified atom stereocenters. The SMILES string of the molecule is Cc1c(N)nc(SCC2=C(C(=O)O)N3C(=O)C(NC(=O)/C(=N\OC(C)(C)C(=O)O)c4csc(N)n4)[C@@H]3SC2)n2nc(N)[n+](C)c12. The van der Waals surface area contributed by atoms with Gasteiger partial charge in [0.25, 0.3) is 11.8 Å². The number of thioether (sulfide) groups is 2. The third-order valence-electron chi connectivity index (χ3n) is 6.95. The Morgan fingerprint density at radius 2 is 1.98 bits per heavy atom. The minimum Gasteiger partial charge on any atom is -0.478 e. The zero-order chi connectivity index (χ0) is 33.0. The number of aryl methyl sites for hydroxylation is 2. The van der Waals surface area contributed by atoms with Crippen LogP contribution >= 0.6 is 34.9 Å². The van der Waals surface area contributed by atoms with Crippen molar-refractivity contribution in [1.29, 1.82) is 0 Å². The molecule has 5 rings (SSSR count). The highest BCUT2D eigenvalue weighted by atomic mass is 32.2. The number of carbonyl (C=O) groups excluding carboxylic acids is 2. The number of oxime groups is 1. The number of aromatic nitrogens is 5. The van der Waals surface area contributed by atoms with Gasteiger partial charge in [-0.25, -0.2) is 19.1 Å². The molecular formula is C24H28N11O7S3+. The molecule has 0 saturated carbocycles. The summed E-state index contributed by atoms with van der Waals surface area (Å²) in [5, 5.41) is 31.2. The molecule has 0 aliphatic carbocycles. The predicted octanol–water partition coefficient (Wildman–Crippen LogP) is -0.820. The Hall–Kier alpha value is -4.63. The second-order valence-corrected chi connectivity index (χ2v) is 13.3. The van der Waals surface area contributed by atoms with Crippen LogP contribution in [-0.2, 0) is 31.1 Å². The molecule has 21 heteroatoms. The van der Waals surface area contributed by atoms with Crippen LogP contribution in [-0.4, -0.2) is 92.7 Å². The molecule has 0 spiro atoms. The molecule has 2 amide bonds. The molecule has 1 fully saturated rings. The molecule has 1 saturated heterocycles. The van der Waals surface area contributed by atoms with Crippen LogP contribution in [0.2, 0.25) is 0 Å². The van der Waals surface area contributed by atoms with Crippen molar-refractivity contribution in [3.05, 3.63) is 27.9 Å². The van der Waals surface area contributed by atoms with Crippen LogP contribution < -0.4 is 27.1 Å². The maximum absolute atomic E-state index is 13.3. The lowest BCUT2D eigenvalue weighted by Crippen LogP contribution is -2.71. The summed E-state index contributed by atoms with van der Waals surface area (Å²) >= 11 is 3.46. The fourth-order valence-electron chi connectivity index (χ4n) is 4.41. The van der Waals surface area contributed by atoms with Gasteiger partial charge in [0.1, 0.15) is 28.6 Å². The monoisotopic (exact) mass is 678 g/mol. The Morgan fingerprint density at radius 3 is 2.60 bits per heavy atom. The summed E-state index contributed by atoms with van der Waals surface area (Å²) in [5.41, 5.74) is 17.2. The Morgan fingerprint density at radius 1 is 1.27 bits per heavy atom. The molecule has 45 heavy (non-hydrogen) atoms. The topological polar surface area (TPSA) is 271 Å². The van der Waals surface area contributed by atoms with Gasteiger partial charge in [-0.05, 0) is 26.3 Å². The summed E-state index contributed by atoms with van der Waals surface area (Å²) < 4.78 is 3.19. The lowest BCUT2D eigenvalue weighted by Gasteiger charge is -2.49. The number of β-lactam (4-membered cyclic amide) rings is 1. The molecule has 9 N–H and O–H groups in total. The van der Waals surface area contributed by atoms with E-state index in [-0.39, 0.29) is 39.8 Å². The minimum absolute atomic E-state index is 0.00791. The van der Waals surface area contributed by atoms with Gasteiger partial charge < -0.3 is 37.6 Å². The van der Waals surface area contributed by atoms with Gasteiger partial charge in [0.2, 0.25) is 16.4 Å². The quantitative estimate of drug-likeness (QED) is 0.0382. The average Bonchev–Trinajstić information content (AvgIpc) is 3.54. The molecule has 2 aliphatic rings. The molecule has 18 nitrogen and oxygen atoms in total. The summed E-state index contributed by atoms with van der Waals surface area (Å²) in [4.78, 5) is 65.1. The number of nitrogen functional groups attached to an aromatic ring is 3. The van der Waals surface area contributed by atoms with Crippen molar-refractivity contribution >= 4 is 86.9 Å². The number of aliphatic carboxylic acids is 2. The molecule has 3 aromatic rings. The van der Waals surface area contributed by atoms with E-state index in [0.29, 0.717) is 21.9 Å². The number of carboxylic acid groups (broad SMARTS) is 2. The van der Waals surface area contributed by atoms with Crippen LogP contribution in [0.3, 0.4) is 0 Å². The van der Waals surface area contributed by atoms with Crippen molar-refractivity contribution in [2.75, 3.05) is 28.7 Å². The Labute approximate surface area is 266 Å². The van der Waals surface area contributed by atoms with E-state index in [4.69, 9.17) is 22.0 Å². The van der Waals surface area contributed by atoms with E-state index in [1.54, 1.807) is 18.5 Å². The lowest BCUT2D eigenvalue weighted by atomic mass is 10.0. The van der Waals surface area contributed by atoms with Gasteiger partial charge in [0.15, 0.2) is 10.8 Å². The number of amides is 2. The van der Waals surface area contributed by atoms with Crippen LogP contribution in [0.5, 0.6) is 0 Å². The number of thiazole rings is 1. The first-order valence-corrected chi connectivity index (χ1v) is 15.9. The number of nitrogens with zero attached hydrogens (tertiary/aromatic N) is 7. The van der Waals surface area contributed by atoms with E-state index in [1.807, 2.05) is 0 Å². The number of nitrogens with two attached hydrogens (primary N) is 3. The highest BCUT2D eigenvalue weighted by Gasteiger charge is 2.54. The van der Waals surface area contributed by atoms with Gasteiger partial charge in [-0.15, -0.1) is 23.1 Å². The highest BCUT2D eigenvalue weighted by Crippen LogP contribution is 2.41. The number of fused-ring (bicyclic) bond motifs is 2. The van der Waals surface area contributed by atoms with Crippen LogP contribution in [0.4, 0.5) is 16.9 Å². The van der Waals surface area contributed by atoms with Crippen LogP contribution in [0.15, 0.2) is 27.0 Å². The van der Waals surface area contributed by atoms with E-state index in [1.165, 1.54) is 47.3 Å². The lowest BCUT2D eigenvalue weighted by molar-refractivity contribution is -0.631. The molecule has 0 aromatic carbocycles. The second-order valence-electron chi connectivity index (χ2n) is 10.4. The molecular weight excluding hydrogens is 651 g/mol. The van der Waals surface area contributed by atoms with Gasteiger partial charge >= 0.3 is 17.9 Å². The van der Waals surface area contributed by atoms with E-state index in [2.05, 4.69) is 25.5 Å². The van der Waals surface area contributed by atoms with Crippen LogP contribution in [0.1, 0.15) is 25.1 Å². The average molecular weight is 679 g/mol. The number of rotatable bonds is 10. The highest BCUT2D eigenvalue weighted by molar-refractivity contribution is 8.01. The van der Waals surface area contributed by atoms with Crippen molar-refractivity contribution in [3.63, 3.8) is 0 Å². The van der Waals surface area contributed by atoms with Gasteiger partial charge in [0, 0.05) is 22.0 Å². The summed E-state index contributed by atoms with van der Waals surface area (Å²) in [5.74, 6) is -3.31. The standard InChI is InChI=1S/C24H27N11O7S3/c1-8-14(25)30-23(35-16(8)33(4)21(26)31-35)45-6-9-5-43-18-12(17(37)34(18)13(9)19(38)39)29-15(36)11(10-7-44-22(27)28-10)32-42-24(2,3)20(40)41/h7,12,18,25H,5-6H2,1-4H3,(H7,26,27,28,29,31,36,38,39,40,41)/p+1/b32-11-/t12?,18-/m0/s1. The van der Waals surface area contributed by atoms with Gasteiger partial charge in [-0.2, -0.15) is 4.98 Å². The van der Waals surface area contributed by atoms with Gasteiger partial charge in [-0.3, -0.25) is 14.5 Å². The first-order valence-electron chi connectivity index (χ1n) is 13.0. The molecule has 238 valence electrons. The van der Waals surface area contributed by atoms with E-state index >= 15 is 0 Å². The zero-order valence-corrected chi connectivity index (χ0v) is 26.6. The van der Waals surface area contributed by atoms with Gasteiger partial charge in [0.05, 0.1) is 12.6 Å². The number of carbonyl (C=O) groups is 4. The summed E-state index contributed by atoms with van der Waals surface area (Å²) in [6.45, 7) is 4.26. The van der Waals surface area contributed by atoms with E-state index < -0.39 is 46.5 Å². The number of hydrogen-bond acceptors (Lipinski definition) is 15. The van der Waals surface area contributed by atoms with Crippen molar-refractivity contribution in [2.24, 2.45) is 12.2 Å². The molecule has 3 aromatic heterocycles. The summed E-state index contributed by atoms with van der Waals surface area (Å²) in [7, 11) is 1.73. The van der Waals surface area contributed by atoms with Gasteiger partial charge in [-0.1, -0.05) is 21.4 Å². The molecule has 2 aliphatic heterocycles. The number of anilines is 3. The normalized spacial score (nSPS) is 18.5. The fraction of sp³-hybridized carbons (Fsp3) is 0.375. The van der Waals surface area contributed by atoms with Crippen molar-refractivity contribution in [3.8, 4) is 0 Å². The van der Waals surface area contributed by atoms with Crippen molar-refractivity contribution in [2.45, 2.75) is 42.9 Å². The third kappa shape index (κ3) is 5.68. The van der Waals surface area contributed by atoms with E-state index in [9.17, 15) is 29.4 Å². The maximum Gasteiger partial charge on any atom is 0.376 e. The van der Waals surface area contributed by atoms with Crippen LogP contribution in [0, 0.1) is 6.92 Å². The number of hydrogen-bond donors (Lipinski definition) is 6. The summed E-state index contributed by atoms with van der Waals surface area (Å²) in [6, 6.07) is -1.11. The third-order valence-corrected chi connectivity index (χ3v) is 9.98. The largest absolute Gasteiger partial charge is 0.478 e. The first-order chi connectivity index (χ1) is 21.1. The Bertz CT molecular complexity index is 1830. The molecule has 0 radical (unpaired) electrons. The predicted molar refractivity (Wildman–Crippen MR) is 164 cm³/mol. The smallest absolute Gasteiger partial charge is 0.376 e. The number of nitrogens with one attached hydrogen (secondary N) is 1. The second kappa shape index (κ2) is 11.7.